The van der Waals surface area contributed by atoms with Gasteiger partial charge in [0.25, 0.3) is 0 Å². The number of carbonyl (C=O) groups is 1. The molecule has 2 heterocycles. The van der Waals surface area contributed by atoms with Crippen molar-refractivity contribution in [1.82, 2.24) is 9.55 Å². The molecule has 0 N–H and O–H groups in total. The number of Topliss-reactive ketones (excluding diaryl/α,β-unsaturated/α-hetero) is 1. The van der Waals surface area contributed by atoms with Gasteiger partial charge in [-0.3, -0.25) is 9.59 Å². The summed E-state index contributed by atoms with van der Waals surface area (Å²) in [6.45, 7) is 7.97. The number of rotatable bonds is 3. The van der Waals surface area contributed by atoms with Gasteiger partial charge >= 0.3 is 0 Å². The highest BCUT2D eigenvalue weighted by Crippen LogP contribution is 2.22. The number of aromatic nitrogens is 2. The van der Waals surface area contributed by atoms with E-state index in [9.17, 15) is 9.59 Å². The number of carbonyl (C=O) groups excluding carboxylic acids is 1. The van der Waals surface area contributed by atoms with Crippen LogP contribution < -0.4 is 5.43 Å². The van der Waals surface area contributed by atoms with Gasteiger partial charge in [0.2, 0.25) is 5.43 Å². The maximum atomic E-state index is 12.5. The van der Waals surface area contributed by atoms with E-state index in [1.807, 2.05) is 18.4 Å². The second-order valence-corrected chi connectivity index (χ2v) is 7.27. The van der Waals surface area contributed by atoms with Gasteiger partial charge in [0.15, 0.2) is 5.78 Å². The van der Waals surface area contributed by atoms with Gasteiger partial charge in [0.1, 0.15) is 5.65 Å². The highest BCUT2D eigenvalue weighted by molar-refractivity contribution is 9.10. The van der Waals surface area contributed by atoms with Crippen LogP contribution in [-0.2, 0) is 6.54 Å². The van der Waals surface area contributed by atoms with E-state index in [4.69, 9.17) is 0 Å². The predicted octanol–water partition coefficient (Wildman–Crippen LogP) is 3.08. The Hall–Kier alpha value is -1.49. The monoisotopic (exact) mass is 336 g/mol. The molecular formula is C15H17BrN2O2. The Bertz CT molecular complexity index is 742. The van der Waals surface area contributed by atoms with Crippen LogP contribution in [0.25, 0.3) is 11.0 Å². The highest BCUT2D eigenvalue weighted by Gasteiger charge is 2.28. The summed E-state index contributed by atoms with van der Waals surface area (Å²) in [5, 5.41) is 0.486. The summed E-state index contributed by atoms with van der Waals surface area (Å²) in [7, 11) is 0. The lowest BCUT2D eigenvalue weighted by Crippen LogP contribution is -2.30. The fourth-order valence-corrected chi connectivity index (χ4v) is 2.30. The molecule has 2 aromatic heterocycles. The molecule has 0 saturated heterocycles. The van der Waals surface area contributed by atoms with Crippen LogP contribution in [0.1, 0.15) is 36.8 Å². The van der Waals surface area contributed by atoms with Gasteiger partial charge in [0, 0.05) is 18.4 Å². The van der Waals surface area contributed by atoms with Crippen molar-refractivity contribution in [1.29, 1.82) is 0 Å². The molecular weight excluding hydrogens is 320 g/mol. The standard InChI is InChI=1S/C15H17BrN2O2/c1-5-18-8-11(13(20)15(3,4)16)12(19)10-7-6-9(2)17-14(10)18/h6-8H,5H2,1-4H3. The summed E-state index contributed by atoms with van der Waals surface area (Å²) in [6, 6.07) is 3.53. The Labute approximate surface area is 126 Å². The zero-order chi connectivity index (χ0) is 15.1. The smallest absolute Gasteiger partial charge is 0.201 e. The van der Waals surface area contributed by atoms with E-state index in [1.54, 1.807) is 32.2 Å². The molecule has 0 aliphatic rings. The van der Waals surface area contributed by atoms with E-state index in [2.05, 4.69) is 20.9 Å². The molecule has 20 heavy (non-hydrogen) atoms. The maximum Gasteiger partial charge on any atom is 0.201 e. The van der Waals surface area contributed by atoms with Crippen LogP contribution in [-0.4, -0.2) is 19.7 Å². The largest absolute Gasteiger partial charge is 0.332 e. The molecule has 0 aliphatic carbocycles. The number of aryl methyl sites for hydroxylation is 2. The van der Waals surface area contributed by atoms with Gasteiger partial charge in [-0.25, -0.2) is 4.98 Å². The Morgan fingerprint density at radius 3 is 2.60 bits per heavy atom. The normalized spacial score (nSPS) is 11.8. The van der Waals surface area contributed by atoms with Crippen LogP contribution in [0.2, 0.25) is 0 Å². The van der Waals surface area contributed by atoms with Crippen molar-refractivity contribution in [2.24, 2.45) is 0 Å². The van der Waals surface area contributed by atoms with Crippen LogP contribution in [0.3, 0.4) is 0 Å². The average Bonchev–Trinajstić information content (AvgIpc) is 2.37. The maximum absolute atomic E-state index is 12.5. The number of nitrogens with zero attached hydrogens (tertiary/aromatic N) is 2. The third-order valence-electron chi connectivity index (χ3n) is 3.19. The summed E-state index contributed by atoms with van der Waals surface area (Å²) in [4.78, 5) is 29.3. The predicted molar refractivity (Wildman–Crippen MR) is 83.8 cm³/mol. The minimum atomic E-state index is -0.760. The number of ketones is 1. The van der Waals surface area contributed by atoms with Gasteiger partial charge in [-0.2, -0.15) is 0 Å². The number of halogens is 1. The fourth-order valence-electron chi connectivity index (χ4n) is 2.08. The first-order valence-corrected chi connectivity index (χ1v) is 7.29. The molecule has 0 radical (unpaired) electrons. The molecule has 0 aromatic carbocycles. The number of hydrogen-bond donors (Lipinski definition) is 0. The summed E-state index contributed by atoms with van der Waals surface area (Å²) in [5.41, 5.74) is 1.42. The van der Waals surface area contributed by atoms with Gasteiger partial charge in [-0.15, -0.1) is 0 Å². The summed E-state index contributed by atoms with van der Waals surface area (Å²) >= 11 is 3.32. The van der Waals surface area contributed by atoms with Gasteiger partial charge < -0.3 is 4.57 Å². The van der Waals surface area contributed by atoms with E-state index in [0.29, 0.717) is 17.6 Å². The van der Waals surface area contributed by atoms with E-state index in [1.165, 1.54) is 0 Å². The van der Waals surface area contributed by atoms with Crippen molar-refractivity contribution in [2.45, 2.75) is 38.6 Å². The highest BCUT2D eigenvalue weighted by atomic mass is 79.9. The molecule has 0 spiro atoms. The Morgan fingerprint density at radius 1 is 1.40 bits per heavy atom. The zero-order valence-electron chi connectivity index (χ0n) is 12.0. The average molecular weight is 337 g/mol. The van der Waals surface area contributed by atoms with Crippen LogP contribution in [0.15, 0.2) is 23.1 Å². The van der Waals surface area contributed by atoms with E-state index in [-0.39, 0.29) is 16.8 Å². The number of fused-ring (bicyclic) bond motifs is 1. The van der Waals surface area contributed by atoms with E-state index < -0.39 is 4.32 Å². The first-order valence-electron chi connectivity index (χ1n) is 6.50. The second kappa shape index (κ2) is 5.13. The van der Waals surface area contributed by atoms with Crippen molar-refractivity contribution < 1.29 is 4.79 Å². The minimum Gasteiger partial charge on any atom is -0.332 e. The minimum absolute atomic E-state index is 0.201. The second-order valence-electron chi connectivity index (χ2n) is 5.28. The number of hydrogen-bond acceptors (Lipinski definition) is 3. The molecule has 0 unspecified atom stereocenters. The van der Waals surface area contributed by atoms with Crippen LogP contribution in [0.4, 0.5) is 0 Å². The van der Waals surface area contributed by atoms with Crippen LogP contribution >= 0.6 is 15.9 Å². The first kappa shape index (κ1) is 14.9. The van der Waals surface area contributed by atoms with Crippen molar-refractivity contribution in [3.8, 4) is 0 Å². The van der Waals surface area contributed by atoms with E-state index >= 15 is 0 Å². The molecule has 2 rings (SSSR count). The third-order valence-corrected chi connectivity index (χ3v) is 3.55. The quantitative estimate of drug-likeness (QED) is 0.639. The van der Waals surface area contributed by atoms with Crippen molar-refractivity contribution in [3.63, 3.8) is 0 Å². The topological polar surface area (TPSA) is 52.0 Å². The van der Waals surface area contributed by atoms with Crippen molar-refractivity contribution in [2.75, 3.05) is 0 Å². The van der Waals surface area contributed by atoms with Crippen LogP contribution in [0, 0.1) is 6.92 Å². The molecule has 0 fully saturated rings. The summed E-state index contributed by atoms with van der Waals surface area (Å²) in [6.07, 6.45) is 1.61. The lowest BCUT2D eigenvalue weighted by molar-refractivity contribution is 0.0959. The lowest BCUT2D eigenvalue weighted by atomic mass is 10.0. The fraction of sp³-hybridized carbons (Fsp3) is 0.400. The molecule has 0 amide bonds. The summed E-state index contributed by atoms with van der Waals surface area (Å²) < 4.78 is 1.08. The lowest BCUT2D eigenvalue weighted by Gasteiger charge is -2.16. The SMILES string of the molecule is CCn1cc(C(=O)C(C)(C)Br)c(=O)c2ccc(C)nc21. The molecule has 0 bridgehead atoms. The van der Waals surface area contributed by atoms with Crippen LogP contribution in [0.5, 0.6) is 0 Å². The molecule has 2 aromatic rings. The Balaban J connectivity index is 2.83. The van der Waals surface area contributed by atoms with Crippen molar-refractivity contribution in [3.05, 3.63) is 39.8 Å². The third kappa shape index (κ3) is 2.54. The van der Waals surface area contributed by atoms with E-state index in [0.717, 1.165) is 5.69 Å². The molecule has 0 atom stereocenters. The zero-order valence-corrected chi connectivity index (χ0v) is 13.6. The molecule has 5 heteroatoms. The van der Waals surface area contributed by atoms with Gasteiger partial charge in [0.05, 0.1) is 15.3 Å². The molecule has 4 nitrogen and oxygen atoms in total. The molecule has 0 aliphatic heterocycles. The first-order chi connectivity index (χ1) is 9.25. The van der Waals surface area contributed by atoms with Gasteiger partial charge in [-0.05, 0) is 39.8 Å². The van der Waals surface area contributed by atoms with Crippen molar-refractivity contribution >= 4 is 32.7 Å². The Kier molecular flexibility index (Phi) is 3.82. The van der Waals surface area contributed by atoms with Gasteiger partial charge in [-0.1, -0.05) is 15.9 Å². The summed E-state index contributed by atoms with van der Waals surface area (Å²) in [5.74, 6) is -0.216. The number of alkyl halides is 1. The molecule has 106 valence electrons. The number of pyridine rings is 2. The molecule has 0 saturated carbocycles. The Morgan fingerprint density at radius 2 is 2.05 bits per heavy atom.